The first-order chi connectivity index (χ1) is 9.60. The smallest absolute Gasteiger partial charge is 0.230 e. The Morgan fingerprint density at radius 1 is 1.30 bits per heavy atom. The van der Waals surface area contributed by atoms with Gasteiger partial charge in [0.2, 0.25) is 5.91 Å². The van der Waals surface area contributed by atoms with Crippen molar-refractivity contribution in [2.75, 3.05) is 0 Å². The van der Waals surface area contributed by atoms with E-state index in [0.717, 1.165) is 31.6 Å². The standard InChI is InChI=1S/C18H25NO/c1-13-5-3-6-15(11-13)18(9-4-10-18)17(20)19-16-8-7-14(2)12-16/h3,5-6,11,14,16H,4,7-10,12H2,1-2H3,(H,19,20). The largest absolute Gasteiger partial charge is 0.353 e. The van der Waals surface area contributed by atoms with E-state index in [4.69, 9.17) is 0 Å². The Kier molecular flexibility index (Phi) is 3.57. The third kappa shape index (κ3) is 2.36. The van der Waals surface area contributed by atoms with Gasteiger partial charge in [-0.25, -0.2) is 0 Å². The zero-order chi connectivity index (χ0) is 14.2. The molecule has 0 aromatic heterocycles. The second-order valence-corrected chi connectivity index (χ2v) is 6.89. The van der Waals surface area contributed by atoms with Crippen LogP contribution in [0.5, 0.6) is 0 Å². The fourth-order valence-electron chi connectivity index (χ4n) is 3.78. The highest BCUT2D eigenvalue weighted by Gasteiger charge is 2.46. The molecule has 0 heterocycles. The van der Waals surface area contributed by atoms with Gasteiger partial charge in [-0.2, -0.15) is 0 Å². The molecule has 2 heteroatoms. The van der Waals surface area contributed by atoms with Crippen LogP contribution in [0, 0.1) is 12.8 Å². The van der Waals surface area contributed by atoms with Crippen LogP contribution in [0.15, 0.2) is 24.3 Å². The van der Waals surface area contributed by atoms with Crippen LogP contribution < -0.4 is 5.32 Å². The second kappa shape index (κ2) is 5.23. The Labute approximate surface area is 122 Å². The molecule has 2 atom stereocenters. The molecular formula is C18H25NO. The third-order valence-electron chi connectivity index (χ3n) is 5.24. The van der Waals surface area contributed by atoms with E-state index in [0.29, 0.717) is 6.04 Å². The average molecular weight is 271 g/mol. The van der Waals surface area contributed by atoms with Gasteiger partial charge in [0.05, 0.1) is 5.41 Å². The van der Waals surface area contributed by atoms with E-state index in [2.05, 4.69) is 43.4 Å². The van der Waals surface area contributed by atoms with E-state index in [1.54, 1.807) is 0 Å². The number of aryl methyl sites for hydroxylation is 1. The minimum Gasteiger partial charge on any atom is -0.353 e. The molecule has 0 saturated heterocycles. The van der Waals surface area contributed by atoms with Crippen molar-refractivity contribution in [1.29, 1.82) is 0 Å². The maximum atomic E-state index is 12.8. The Bertz CT molecular complexity index is 504. The highest BCUT2D eigenvalue weighted by atomic mass is 16.2. The molecule has 1 aromatic rings. The van der Waals surface area contributed by atoms with Crippen LogP contribution in [-0.2, 0) is 10.2 Å². The van der Waals surface area contributed by atoms with Crippen LogP contribution in [0.2, 0.25) is 0 Å². The van der Waals surface area contributed by atoms with Crippen LogP contribution in [0.1, 0.15) is 56.6 Å². The number of hydrogen-bond donors (Lipinski definition) is 1. The molecule has 1 aromatic carbocycles. The van der Waals surface area contributed by atoms with Gasteiger partial charge in [0.15, 0.2) is 0 Å². The second-order valence-electron chi connectivity index (χ2n) is 6.89. The van der Waals surface area contributed by atoms with E-state index in [1.165, 1.54) is 24.0 Å². The third-order valence-corrected chi connectivity index (χ3v) is 5.24. The summed E-state index contributed by atoms with van der Waals surface area (Å²) in [5, 5.41) is 3.33. The van der Waals surface area contributed by atoms with Crippen molar-refractivity contribution in [1.82, 2.24) is 5.32 Å². The molecule has 2 nitrogen and oxygen atoms in total. The number of hydrogen-bond acceptors (Lipinski definition) is 1. The Morgan fingerprint density at radius 3 is 2.65 bits per heavy atom. The summed E-state index contributed by atoms with van der Waals surface area (Å²) >= 11 is 0. The highest BCUT2D eigenvalue weighted by Crippen LogP contribution is 2.44. The lowest BCUT2D eigenvalue weighted by molar-refractivity contribution is -0.130. The molecule has 3 rings (SSSR count). The summed E-state index contributed by atoms with van der Waals surface area (Å²) in [4.78, 5) is 12.8. The number of benzene rings is 1. The summed E-state index contributed by atoms with van der Waals surface area (Å²) in [6.07, 6.45) is 6.73. The molecule has 0 bridgehead atoms. The zero-order valence-corrected chi connectivity index (χ0v) is 12.6. The molecule has 0 aliphatic heterocycles. The van der Waals surface area contributed by atoms with Crippen molar-refractivity contribution >= 4 is 5.91 Å². The van der Waals surface area contributed by atoms with Crippen molar-refractivity contribution in [3.8, 4) is 0 Å². The van der Waals surface area contributed by atoms with Gasteiger partial charge in [0, 0.05) is 6.04 Å². The summed E-state index contributed by atoms with van der Waals surface area (Å²) in [5.41, 5.74) is 2.22. The number of carbonyl (C=O) groups is 1. The predicted molar refractivity (Wildman–Crippen MR) is 81.7 cm³/mol. The van der Waals surface area contributed by atoms with Crippen molar-refractivity contribution in [2.45, 2.75) is 63.8 Å². The Balaban J connectivity index is 1.77. The fourth-order valence-corrected chi connectivity index (χ4v) is 3.78. The van der Waals surface area contributed by atoms with Crippen LogP contribution in [0.4, 0.5) is 0 Å². The lowest BCUT2D eigenvalue weighted by Gasteiger charge is -2.41. The van der Waals surface area contributed by atoms with Gasteiger partial charge < -0.3 is 5.32 Å². The van der Waals surface area contributed by atoms with Gasteiger partial charge in [-0.05, 0) is 50.5 Å². The molecule has 0 spiro atoms. The highest BCUT2D eigenvalue weighted by molar-refractivity contribution is 5.89. The van der Waals surface area contributed by atoms with Crippen molar-refractivity contribution in [3.05, 3.63) is 35.4 Å². The van der Waals surface area contributed by atoms with E-state index in [9.17, 15) is 4.79 Å². The van der Waals surface area contributed by atoms with Crippen LogP contribution in [-0.4, -0.2) is 11.9 Å². The van der Waals surface area contributed by atoms with E-state index in [1.807, 2.05) is 0 Å². The molecule has 2 fully saturated rings. The number of amides is 1. The van der Waals surface area contributed by atoms with Gasteiger partial charge in [0.1, 0.15) is 0 Å². The fraction of sp³-hybridized carbons (Fsp3) is 0.611. The SMILES string of the molecule is Cc1cccc(C2(C(=O)NC3CCC(C)C3)CCC2)c1. The lowest BCUT2D eigenvalue weighted by Crippen LogP contribution is -2.51. The Hall–Kier alpha value is -1.31. The Morgan fingerprint density at radius 2 is 2.10 bits per heavy atom. The summed E-state index contributed by atoms with van der Waals surface area (Å²) in [6.45, 7) is 4.39. The molecule has 2 saturated carbocycles. The first-order valence-electron chi connectivity index (χ1n) is 7.98. The zero-order valence-electron chi connectivity index (χ0n) is 12.6. The molecular weight excluding hydrogens is 246 g/mol. The first-order valence-corrected chi connectivity index (χ1v) is 7.98. The first kappa shape index (κ1) is 13.7. The quantitative estimate of drug-likeness (QED) is 0.892. The van der Waals surface area contributed by atoms with Crippen molar-refractivity contribution in [2.24, 2.45) is 5.92 Å². The number of carbonyl (C=O) groups excluding carboxylic acids is 1. The lowest BCUT2D eigenvalue weighted by atomic mass is 9.63. The number of rotatable bonds is 3. The molecule has 1 N–H and O–H groups in total. The van der Waals surface area contributed by atoms with Crippen molar-refractivity contribution < 1.29 is 4.79 Å². The summed E-state index contributed by atoms with van der Waals surface area (Å²) in [6, 6.07) is 8.90. The maximum absolute atomic E-state index is 12.8. The maximum Gasteiger partial charge on any atom is 0.230 e. The molecule has 2 aliphatic carbocycles. The van der Waals surface area contributed by atoms with Gasteiger partial charge in [0.25, 0.3) is 0 Å². The molecule has 2 unspecified atom stereocenters. The molecule has 108 valence electrons. The van der Waals surface area contributed by atoms with Gasteiger partial charge >= 0.3 is 0 Å². The van der Waals surface area contributed by atoms with Crippen LogP contribution in [0.3, 0.4) is 0 Å². The van der Waals surface area contributed by atoms with Gasteiger partial charge in [-0.15, -0.1) is 0 Å². The number of nitrogens with one attached hydrogen (secondary N) is 1. The van der Waals surface area contributed by atoms with E-state index < -0.39 is 0 Å². The van der Waals surface area contributed by atoms with Crippen LogP contribution >= 0.6 is 0 Å². The molecule has 2 aliphatic rings. The molecule has 0 radical (unpaired) electrons. The molecule has 1 amide bonds. The normalized spacial score (nSPS) is 27.9. The molecule has 20 heavy (non-hydrogen) atoms. The minimum absolute atomic E-state index is 0.238. The summed E-state index contributed by atoms with van der Waals surface area (Å²) < 4.78 is 0. The average Bonchev–Trinajstić information content (AvgIpc) is 2.73. The predicted octanol–water partition coefficient (Wildman–Crippen LogP) is 3.72. The van der Waals surface area contributed by atoms with Gasteiger partial charge in [-0.1, -0.05) is 43.2 Å². The summed E-state index contributed by atoms with van der Waals surface area (Å²) in [7, 11) is 0. The van der Waals surface area contributed by atoms with Crippen molar-refractivity contribution in [3.63, 3.8) is 0 Å². The van der Waals surface area contributed by atoms with Crippen LogP contribution in [0.25, 0.3) is 0 Å². The van der Waals surface area contributed by atoms with E-state index in [-0.39, 0.29) is 11.3 Å². The summed E-state index contributed by atoms with van der Waals surface area (Å²) in [5.74, 6) is 1.03. The monoisotopic (exact) mass is 271 g/mol. The van der Waals surface area contributed by atoms with E-state index >= 15 is 0 Å². The minimum atomic E-state index is -0.238. The van der Waals surface area contributed by atoms with Gasteiger partial charge in [-0.3, -0.25) is 4.79 Å². The topological polar surface area (TPSA) is 29.1 Å².